The van der Waals surface area contributed by atoms with E-state index in [0.717, 1.165) is 67.9 Å². The van der Waals surface area contributed by atoms with Gasteiger partial charge in [0, 0.05) is 19.2 Å². The van der Waals surface area contributed by atoms with Gasteiger partial charge in [-0.15, -0.1) is 6.42 Å². The fraction of sp³-hybridized carbons (Fsp3) is 0.444. The molecule has 0 aliphatic carbocycles. The molecule has 3 aliphatic rings. The van der Waals surface area contributed by atoms with Gasteiger partial charge >= 0.3 is 0 Å². The largest absolute Gasteiger partial charge is 0.303 e. The number of aryl methyl sites for hydroxylation is 1. The summed E-state index contributed by atoms with van der Waals surface area (Å²) in [5, 5.41) is 6.52. The van der Waals surface area contributed by atoms with Crippen LogP contribution in [0.4, 0.5) is 0 Å². The summed E-state index contributed by atoms with van der Waals surface area (Å²) in [6.07, 6.45) is 13.0. The third kappa shape index (κ3) is 4.69. The molecular formula is C27H29N5O4. The first-order chi connectivity index (χ1) is 17.4. The van der Waals surface area contributed by atoms with E-state index in [-0.39, 0.29) is 18.7 Å². The van der Waals surface area contributed by atoms with Gasteiger partial charge in [-0.3, -0.25) is 34.1 Å². The Morgan fingerprint density at radius 2 is 1.86 bits per heavy atom. The van der Waals surface area contributed by atoms with Crippen molar-refractivity contribution in [2.75, 3.05) is 19.6 Å². The highest BCUT2D eigenvalue weighted by atomic mass is 16.2. The number of piperidine rings is 2. The van der Waals surface area contributed by atoms with Crippen molar-refractivity contribution in [3.63, 3.8) is 0 Å². The van der Waals surface area contributed by atoms with Gasteiger partial charge in [-0.25, -0.2) is 0 Å². The van der Waals surface area contributed by atoms with Gasteiger partial charge < -0.3 is 4.90 Å². The van der Waals surface area contributed by atoms with Crippen molar-refractivity contribution in [3.8, 4) is 12.3 Å². The number of carbonyl (C=O) groups is 4. The zero-order valence-corrected chi connectivity index (χ0v) is 20.1. The maximum atomic E-state index is 13.3. The molecule has 3 aliphatic heterocycles. The molecule has 0 spiro atoms. The predicted molar refractivity (Wildman–Crippen MR) is 131 cm³/mol. The second-order valence-electron chi connectivity index (χ2n) is 9.77. The van der Waals surface area contributed by atoms with Crippen LogP contribution in [0.2, 0.25) is 0 Å². The second-order valence-corrected chi connectivity index (χ2v) is 9.77. The van der Waals surface area contributed by atoms with Crippen molar-refractivity contribution in [1.29, 1.82) is 0 Å². The minimum absolute atomic E-state index is 0.114. The number of terminal acetylenes is 1. The number of likely N-dealkylation sites (tertiary alicyclic amines) is 1. The molecule has 1 aromatic heterocycles. The molecule has 0 bridgehead atoms. The monoisotopic (exact) mass is 487 g/mol. The SMILES string of the molecule is C#Cc1cnn(CCCN2CCC(Cc3cccc4c3C(=O)N(C3CCC(=O)NC3=O)C4=O)CC2)c1. The van der Waals surface area contributed by atoms with Crippen LogP contribution in [0.5, 0.6) is 0 Å². The van der Waals surface area contributed by atoms with Gasteiger partial charge in [0.15, 0.2) is 0 Å². The molecule has 1 unspecified atom stereocenters. The molecule has 2 saturated heterocycles. The van der Waals surface area contributed by atoms with Crippen LogP contribution in [-0.4, -0.2) is 68.9 Å². The molecular weight excluding hydrogens is 458 g/mol. The van der Waals surface area contributed by atoms with Crippen LogP contribution in [0.3, 0.4) is 0 Å². The number of benzene rings is 1. The van der Waals surface area contributed by atoms with Gasteiger partial charge in [0.05, 0.1) is 22.9 Å². The maximum Gasteiger partial charge on any atom is 0.262 e. The summed E-state index contributed by atoms with van der Waals surface area (Å²) in [5.41, 5.74) is 2.43. The Bertz CT molecular complexity index is 1250. The smallest absolute Gasteiger partial charge is 0.262 e. The Morgan fingerprint density at radius 3 is 2.58 bits per heavy atom. The van der Waals surface area contributed by atoms with Crippen LogP contribution in [-0.2, 0) is 22.6 Å². The number of amides is 4. The average Bonchev–Trinajstić information content (AvgIpc) is 3.43. The molecule has 1 aromatic carbocycles. The van der Waals surface area contributed by atoms with Gasteiger partial charge in [-0.1, -0.05) is 18.1 Å². The fourth-order valence-corrected chi connectivity index (χ4v) is 5.50. The number of imide groups is 2. The van der Waals surface area contributed by atoms with Crippen LogP contribution in [0.1, 0.15) is 63.9 Å². The minimum Gasteiger partial charge on any atom is -0.303 e. The van der Waals surface area contributed by atoms with E-state index in [2.05, 4.69) is 21.2 Å². The Balaban J connectivity index is 1.17. The van der Waals surface area contributed by atoms with E-state index in [4.69, 9.17) is 6.42 Å². The number of rotatable bonds is 7. The molecule has 1 N–H and O–H groups in total. The average molecular weight is 488 g/mol. The highest BCUT2D eigenvalue weighted by Crippen LogP contribution is 2.32. The Kier molecular flexibility index (Phi) is 6.70. The van der Waals surface area contributed by atoms with E-state index in [1.807, 2.05) is 23.0 Å². The molecule has 5 rings (SSSR count). The van der Waals surface area contributed by atoms with Crippen molar-refractivity contribution >= 4 is 23.6 Å². The first kappa shape index (κ1) is 23.9. The summed E-state index contributed by atoms with van der Waals surface area (Å²) in [5.74, 6) is 1.17. The zero-order valence-electron chi connectivity index (χ0n) is 20.1. The lowest BCUT2D eigenvalue weighted by atomic mass is 9.87. The molecule has 0 saturated carbocycles. The van der Waals surface area contributed by atoms with Gasteiger partial charge in [0.1, 0.15) is 6.04 Å². The number of fused-ring (bicyclic) bond motifs is 1. The number of nitrogens with zero attached hydrogens (tertiary/aromatic N) is 4. The quantitative estimate of drug-likeness (QED) is 0.470. The van der Waals surface area contributed by atoms with Crippen LogP contribution >= 0.6 is 0 Å². The minimum atomic E-state index is -0.939. The summed E-state index contributed by atoms with van der Waals surface area (Å²) >= 11 is 0. The number of aromatic nitrogens is 2. The lowest BCUT2D eigenvalue weighted by molar-refractivity contribution is -0.136. The molecule has 1 atom stereocenters. The molecule has 2 aromatic rings. The number of hydrogen-bond donors (Lipinski definition) is 1. The van der Waals surface area contributed by atoms with E-state index in [9.17, 15) is 19.2 Å². The molecule has 0 radical (unpaired) electrons. The van der Waals surface area contributed by atoms with Crippen LogP contribution in [0.25, 0.3) is 0 Å². The summed E-state index contributed by atoms with van der Waals surface area (Å²) in [6.45, 7) is 3.80. The van der Waals surface area contributed by atoms with Crippen LogP contribution < -0.4 is 5.32 Å². The second kappa shape index (κ2) is 10.1. The van der Waals surface area contributed by atoms with Crippen molar-refractivity contribution in [2.45, 2.75) is 51.1 Å². The predicted octanol–water partition coefficient (Wildman–Crippen LogP) is 1.61. The molecule has 36 heavy (non-hydrogen) atoms. The number of nitrogens with one attached hydrogen (secondary N) is 1. The summed E-state index contributed by atoms with van der Waals surface area (Å²) in [6, 6.07) is 4.44. The zero-order chi connectivity index (χ0) is 25.2. The van der Waals surface area contributed by atoms with Crippen LogP contribution in [0, 0.1) is 18.3 Å². The Labute approximate surface area is 209 Å². The van der Waals surface area contributed by atoms with Crippen molar-refractivity contribution in [2.24, 2.45) is 5.92 Å². The third-order valence-corrected chi connectivity index (χ3v) is 7.43. The van der Waals surface area contributed by atoms with Gasteiger partial charge in [-0.2, -0.15) is 5.10 Å². The van der Waals surface area contributed by atoms with E-state index in [1.54, 1.807) is 12.3 Å². The van der Waals surface area contributed by atoms with Gasteiger partial charge in [0.2, 0.25) is 11.8 Å². The Hall–Kier alpha value is -3.77. The molecule has 9 heteroatoms. The first-order valence-electron chi connectivity index (χ1n) is 12.5. The highest BCUT2D eigenvalue weighted by Gasteiger charge is 2.45. The standard InChI is InChI=1S/C27H29N5O4/c1-2-18-16-28-31(17-18)12-4-11-30-13-9-19(10-14-30)15-20-5-3-6-21-24(20)27(36)32(26(21)35)22-7-8-23(33)29-25(22)34/h1,3,5-6,16-17,19,22H,4,7-15H2,(H,29,33,34). The van der Waals surface area contributed by atoms with Crippen molar-refractivity contribution in [1.82, 2.24) is 24.9 Å². The molecule has 2 fully saturated rings. The molecule has 4 amide bonds. The maximum absolute atomic E-state index is 13.3. The first-order valence-corrected chi connectivity index (χ1v) is 12.5. The van der Waals surface area contributed by atoms with Crippen molar-refractivity contribution in [3.05, 3.63) is 52.8 Å². The summed E-state index contributed by atoms with van der Waals surface area (Å²) in [7, 11) is 0. The fourth-order valence-electron chi connectivity index (χ4n) is 5.50. The van der Waals surface area contributed by atoms with E-state index in [1.165, 1.54) is 0 Å². The summed E-state index contributed by atoms with van der Waals surface area (Å²) in [4.78, 5) is 53.7. The lowest BCUT2D eigenvalue weighted by Crippen LogP contribution is -2.54. The lowest BCUT2D eigenvalue weighted by Gasteiger charge is -2.32. The summed E-state index contributed by atoms with van der Waals surface area (Å²) < 4.78 is 1.88. The van der Waals surface area contributed by atoms with Crippen LogP contribution in [0.15, 0.2) is 30.6 Å². The van der Waals surface area contributed by atoms with Gasteiger partial charge in [0.25, 0.3) is 11.8 Å². The Morgan fingerprint density at radius 1 is 1.06 bits per heavy atom. The topological polar surface area (TPSA) is 105 Å². The molecule has 4 heterocycles. The molecule has 186 valence electrons. The highest BCUT2D eigenvalue weighted by molar-refractivity contribution is 6.24. The third-order valence-electron chi connectivity index (χ3n) is 7.43. The van der Waals surface area contributed by atoms with Gasteiger partial charge in [-0.05, 0) is 69.3 Å². The van der Waals surface area contributed by atoms with E-state index >= 15 is 0 Å². The van der Waals surface area contributed by atoms with Crippen molar-refractivity contribution < 1.29 is 19.2 Å². The number of carbonyl (C=O) groups excluding carboxylic acids is 4. The van der Waals surface area contributed by atoms with E-state index < -0.39 is 23.8 Å². The van der Waals surface area contributed by atoms with E-state index in [0.29, 0.717) is 17.0 Å². The normalized spacial score (nSPS) is 21.0. The molecule has 9 nitrogen and oxygen atoms in total. The number of hydrogen-bond acceptors (Lipinski definition) is 6.